The third-order valence-electron chi connectivity index (χ3n) is 5.15. The fraction of sp³-hybridized carbons (Fsp3) is 0.476. The van der Waals surface area contributed by atoms with Crippen molar-refractivity contribution in [3.63, 3.8) is 0 Å². The van der Waals surface area contributed by atoms with Gasteiger partial charge in [0, 0.05) is 18.7 Å². The van der Waals surface area contributed by atoms with Crippen molar-refractivity contribution in [1.29, 1.82) is 0 Å². The molecule has 2 aromatic rings. The summed E-state index contributed by atoms with van der Waals surface area (Å²) < 4.78 is 0. The third-order valence-corrected chi connectivity index (χ3v) is 5.88. The minimum Gasteiger partial charge on any atom is -0.334 e. The Labute approximate surface area is 155 Å². The summed E-state index contributed by atoms with van der Waals surface area (Å²) in [5.41, 5.74) is 6.03. The number of amides is 1. The first-order chi connectivity index (χ1) is 12.0. The van der Waals surface area contributed by atoms with Gasteiger partial charge in [0.05, 0.1) is 0 Å². The molecule has 0 saturated carbocycles. The summed E-state index contributed by atoms with van der Waals surface area (Å²) in [6.07, 6.45) is 3.39. The summed E-state index contributed by atoms with van der Waals surface area (Å²) in [5, 5.41) is 4.38. The lowest BCUT2D eigenvalue weighted by atomic mass is 10.0. The second kappa shape index (κ2) is 8.15. The number of carbonyl (C=O) groups is 1. The first-order valence-electron chi connectivity index (χ1n) is 9.13. The van der Waals surface area contributed by atoms with Gasteiger partial charge in [-0.25, -0.2) is 0 Å². The van der Waals surface area contributed by atoms with Crippen molar-refractivity contribution in [3.8, 4) is 0 Å². The molecule has 1 amide bonds. The Bertz CT molecular complexity index is 724. The molecule has 1 aromatic carbocycles. The molecule has 1 aromatic heterocycles. The van der Waals surface area contributed by atoms with Crippen LogP contribution in [-0.4, -0.2) is 42.4 Å². The molecule has 0 atom stereocenters. The first-order valence-corrected chi connectivity index (χ1v) is 10.1. The number of thiophene rings is 1. The molecule has 4 heteroatoms. The van der Waals surface area contributed by atoms with Gasteiger partial charge in [0.15, 0.2) is 0 Å². The van der Waals surface area contributed by atoms with Crippen LogP contribution >= 0.6 is 11.3 Å². The van der Waals surface area contributed by atoms with Crippen molar-refractivity contribution in [2.24, 2.45) is 0 Å². The minimum absolute atomic E-state index is 0.207. The van der Waals surface area contributed by atoms with Crippen LogP contribution in [0, 0.1) is 13.8 Å². The molecule has 2 heterocycles. The molecule has 0 bridgehead atoms. The maximum absolute atomic E-state index is 12.6. The van der Waals surface area contributed by atoms with E-state index >= 15 is 0 Å². The standard InChI is InChI=1S/C21H28N2OS/c1-16-12-19-14-23(21(24)20(19)13-17(16)2)10-5-9-22(3)8-4-6-18-7-11-25-15-18/h7,11-13,15H,4-6,8-10,14H2,1-3H3. The average Bonchev–Trinajstić information content (AvgIpc) is 3.18. The van der Waals surface area contributed by atoms with E-state index in [2.05, 4.69) is 54.8 Å². The number of benzene rings is 1. The lowest BCUT2D eigenvalue weighted by molar-refractivity contribution is 0.0772. The predicted molar refractivity (Wildman–Crippen MR) is 105 cm³/mol. The molecule has 3 rings (SSSR count). The van der Waals surface area contributed by atoms with Gasteiger partial charge in [0.2, 0.25) is 0 Å². The van der Waals surface area contributed by atoms with Crippen LogP contribution < -0.4 is 0 Å². The zero-order valence-corrected chi connectivity index (χ0v) is 16.4. The van der Waals surface area contributed by atoms with Gasteiger partial charge in [-0.15, -0.1) is 0 Å². The number of carbonyl (C=O) groups excluding carboxylic acids is 1. The molecule has 0 N–H and O–H groups in total. The second-order valence-corrected chi connectivity index (χ2v) is 7.99. The van der Waals surface area contributed by atoms with Gasteiger partial charge in [0.1, 0.15) is 0 Å². The Morgan fingerprint density at radius 1 is 1.16 bits per heavy atom. The Balaban J connectivity index is 1.40. The van der Waals surface area contributed by atoms with E-state index in [9.17, 15) is 4.79 Å². The van der Waals surface area contributed by atoms with Gasteiger partial charge in [-0.1, -0.05) is 6.07 Å². The van der Waals surface area contributed by atoms with Gasteiger partial charge in [-0.05, 0) is 98.4 Å². The van der Waals surface area contributed by atoms with Crippen LogP contribution in [0.1, 0.15) is 45.5 Å². The number of fused-ring (bicyclic) bond motifs is 1. The van der Waals surface area contributed by atoms with E-state index in [4.69, 9.17) is 0 Å². The molecule has 0 unspecified atom stereocenters. The third kappa shape index (κ3) is 4.50. The van der Waals surface area contributed by atoms with Gasteiger partial charge in [0.25, 0.3) is 5.91 Å². The smallest absolute Gasteiger partial charge is 0.254 e. The number of hydrogen-bond donors (Lipinski definition) is 0. The van der Waals surface area contributed by atoms with E-state index in [1.165, 1.54) is 28.7 Å². The van der Waals surface area contributed by atoms with Crippen LogP contribution in [-0.2, 0) is 13.0 Å². The maximum Gasteiger partial charge on any atom is 0.254 e. The molecule has 0 saturated heterocycles. The monoisotopic (exact) mass is 356 g/mol. The quantitative estimate of drug-likeness (QED) is 0.705. The van der Waals surface area contributed by atoms with Crippen LogP contribution in [0.15, 0.2) is 29.0 Å². The Morgan fingerprint density at radius 2 is 1.92 bits per heavy atom. The fourth-order valence-corrected chi connectivity index (χ4v) is 4.17. The topological polar surface area (TPSA) is 23.6 Å². The van der Waals surface area contributed by atoms with E-state index in [0.29, 0.717) is 0 Å². The Kier molecular flexibility index (Phi) is 5.92. The first kappa shape index (κ1) is 18.2. The SMILES string of the molecule is Cc1cc2c(cc1C)C(=O)N(CCCN(C)CCCc1ccsc1)C2. The lowest BCUT2D eigenvalue weighted by Gasteiger charge is -2.20. The fourth-order valence-electron chi connectivity index (χ4n) is 3.47. The summed E-state index contributed by atoms with van der Waals surface area (Å²) in [7, 11) is 2.18. The zero-order valence-electron chi connectivity index (χ0n) is 15.5. The highest BCUT2D eigenvalue weighted by molar-refractivity contribution is 7.07. The molecule has 1 aliphatic heterocycles. The highest BCUT2D eigenvalue weighted by Crippen LogP contribution is 2.25. The van der Waals surface area contributed by atoms with Crippen LogP contribution in [0.3, 0.4) is 0 Å². The molecule has 0 fully saturated rings. The highest BCUT2D eigenvalue weighted by Gasteiger charge is 2.27. The number of rotatable bonds is 8. The van der Waals surface area contributed by atoms with E-state index in [-0.39, 0.29) is 5.91 Å². The maximum atomic E-state index is 12.6. The Morgan fingerprint density at radius 3 is 2.68 bits per heavy atom. The molecule has 25 heavy (non-hydrogen) atoms. The van der Waals surface area contributed by atoms with Crippen molar-refractivity contribution in [2.75, 3.05) is 26.7 Å². The average molecular weight is 357 g/mol. The largest absolute Gasteiger partial charge is 0.334 e. The van der Waals surface area contributed by atoms with E-state index < -0.39 is 0 Å². The summed E-state index contributed by atoms with van der Waals surface area (Å²) in [4.78, 5) is 16.9. The molecule has 0 aliphatic carbocycles. The molecule has 1 aliphatic rings. The van der Waals surface area contributed by atoms with Crippen LogP contribution in [0.2, 0.25) is 0 Å². The van der Waals surface area contributed by atoms with Gasteiger partial charge in [-0.3, -0.25) is 4.79 Å². The Hall–Kier alpha value is -1.65. The lowest BCUT2D eigenvalue weighted by Crippen LogP contribution is -2.29. The van der Waals surface area contributed by atoms with Crippen molar-refractivity contribution in [2.45, 2.75) is 39.7 Å². The second-order valence-electron chi connectivity index (χ2n) is 7.21. The van der Waals surface area contributed by atoms with E-state index in [1.54, 1.807) is 11.3 Å². The normalized spacial score (nSPS) is 13.8. The minimum atomic E-state index is 0.207. The molecule has 134 valence electrons. The summed E-state index contributed by atoms with van der Waals surface area (Å²) in [6.45, 7) is 7.98. The van der Waals surface area contributed by atoms with Crippen molar-refractivity contribution in [1.82, 2.24) is 9.80 Å². The molecule has 0 radical (unpaired) electrons. The highest BCUT2D eigenvalue weighted by atomic mass is 32.1. The number of aryl methyl sites for hydroxylation is 3. The number of hydrogen-bond acceptors (Lipinski definition) is 3. The van der Waals surface area contributed by atoms with Gasteiger partial charge < -0.3 is 9.80 Å². The van der Waals surface area contributed by atoms with Crippen molar-refractivity contribution >= 4 is 17.2 Å². The summed E-state index contributed by atoms with van der Waals surface area (Å²) in [5.74, 6) is 0.207. The molecule has 3 nitrogen and oxygen atoms in total. The number of nitrogens with zero attached hydrogens (tertiary/aromatic N) is 2. The zero-order chi connectivity index (χ0) is 17.8. The van der Waals surface area contributed by atoms with E-state index in [0.717, 1.165) is 44.6 Å². The summed E-state index contributed by atoms with van der Waals surface area (Å²) >= 11 is 1.77. The van der Waals surface area contributed by atoms with Crippen LogP contribution in [0.5, 0.6) is 0 Å². The van der Waals surface area contributed by atoms with E-state index in [1.807, 2.05) is 4.90 Å². The summed E-state index contributed by atoms with van der Waals surface area (Å²) in [6, 6.07) is 6.45. The van der Waals surface area contributed by atoms with Gasteiger partial charge in [-0.2, -0.15) is 11.3 Å². The van der Waals surface area contributed by atoms with Gasteiger partial charge >= 0.3 is 0 Å². The van der Waals surface area contributed by atoms with Crippen LogP contribution in [0.25, 0.3) is 0 Å². The molecule has 0 spiro atoms. The van der Waals surface area contributed by atoms with Crippen LogP contribution in [0.4, 0.5) is 0 Å². The molecular formula is C21H28N2OS. The predicted octanol–water partition coefficient (Wildman–Crippen LogP) is 4.28. The van der Waals surface area contributed by atoms with Crippen molar-refractivity contribution < 1.29 is 4.79 Å². The molecular weight excluding hydrogens is 328 g/mol. The van der Waals surface area contributed by atoms with Crippen molar-refractivity contribution in [3.05, 3.63) is 56.8 Å².